The minimum absolute atomic E-state index is 0.315. The number of halogens is 2. The van der Waals surface area contributed by atoms with Gasteiger partial charge in [-0.3, -0.25) is 9.89 Å². The maximum atomic E-state index is 13.4. The van der Waals surface area contributed by atoms with E-state index in [2.05, 4.69) is 36.4 Å². The van der Waals surface area contributed by atoms with E-state index >= 15 is 0 Å². The fourth-order valence-electron chi connectivity index (χ4n) is 1.78. The quantitative estimate of drug-likeness (QED) is 0.678. The number of amides is 1. The molecule has 0 aliphatic carbocycles. The van der Waals surface area contributed by atoms with Crippen molar-refractivity contribution >= 4 is 38.4 Å². The second-order valence-corrected chi connectivity index (χ2v) is 4.74. The van der Waals surface area contributed by atoms with Crippen LogP contribution in [0.2, 0.25) is 0 Å². The second-order valence-electron chi connectivity index (χ2n) is 3.95. The van der Waals surface area contributed by atoms with Crippen LogP contribution < -0.4 is 5.32 Å². The highest BCUT2D eigenvalue weighted by Crippen LogP contribution is 2.27. The smallest absolute Gasteiger partial charge is 0.272 e. The van der Waals surface area contributed by atoms with E-state index in [0.29, 0.717) is 26.8 Å². The molecule has 3 N–H and O–H groups in total. The number of H-pyrrole nitrogens is 2. The molecule has 7 heteroatoms. The molecule has 0 atom stereocenters. The van der Waals surface area contributed by atoms with Crippen molar-refractivity contribution in [3.05, 3.63) is 46.6 Å². The Hall–Kier alpha value is -2.15. The molecule has 2 aromatic heterocycles. The van der Waals surface area contributed by atoms with Gasteiger partial charge in [-0.2, -0.15) is 5.10 Å². The van der Waals surface area contributed by atoms with Crippen molar-refractivity contribution in [2.24, 2.45) is 0 Å². The Morgan fingerprint density at radius 3 is 3.00 bits per heavy atom. The Bertz CT molecular complexity index is 751. The first-order chi connectivity index (χ1) is 9.15. The number of carbonyl (C=O) groups is 1. The van der Waals surface area contributed by atoms with Gasteiger partial charge in [0.05, 0.1) is 16.4 Å². The third-order valence-electron chi connectivity index (χ3n) is 2.69. The number of hydrogen-bond donors (Lipinski definition) is 3. The van der Waals surface area contributed by atoms with E-state index in [0.717, 1.165) is 0 Å². The van der Waals surface area contributed by atoms with Crippen molar-refractivity contribution in [1.29, 1.82) is 0 Å². The summed E-state index contributed by atoms with van der Waals surface area (Å²) in [5.74, 6) is -0.682. The molecule has 0 spiro atoms. The number of carbonyl (C=O) groups excluding carboxylic acids is 1. The Kier molecular flexibility index (Phi) is 2.83. The summed E-state index contributed by atoms with van der Waals surface area (Å²) in [6.07, 6.45) is 3.06. The maximum Gasteiger partial charge on any atom is 0.272 e. The first kappa shape index (κ1) is 11.9. The van der Waals surface area contributed by atoms with E-state index in [4.69, 9.17) is 0 Å². The molecular weight excluding hydrogens is 315 g/mol. The zero-order valence-corrected chi connectivity index (χ0v) is 11.1. The second kappa shape index (κ2) is 4.51. The van der Waals surface area contributed by atoms with Gasteiger partial charge in [-0.05, 0) is 34.1 Å². The van der Waals surface area contributed by atoms with Crippen molar-refractivity contribution in [1.82, 2.24) is 15.2 Å². The van der Waals surface area contributed by atoms with Crippen molar-refractivity contribution in [3.8, 4) is 0 Å². The molecule has 0 unspecified atom stereocenters. The van der Waals surface area contributed by atoms with Crippen molar-refractivity contribution in [2.75, 3.05) is 5.32 Å². The topological polar surface area (TPSA) is 73.6 Å². The van der Waals surface area contributed by atoms with Crippen LogP contribution in [0.15, 0.2) is 35.1 Å². The lowest BCUT2D eigenvalue weighted by atomic mass is 10.2. The van der Waals surface area contributed by atoms with Crippen LogP contribution in [0.1, 0.15) is 10.5 Å². The Labute approximate surface area is 115 Å². The van der Waals surface area contributed by atoms with Crippen LogP contribution in [-0.4, -0.2) is 21.1 Å². The van der Waals surface area contributed by atoms with Crippen LogP contribution in [0.25, 0.3) is 10.9 Å². The highest BCUT2D eigenvalue weighted by atomic mass is 79.9. The zero-order valence-electron chi connectivity index (χ0n) is 9.50. The van der Waals surface area contributed by atoms with E-state index in [1.807, 2.05) is 0 Å². The summed E-state index contributed by atoms with van der Waals surface area (Å²) in [7, 11) is 0. The van der Waals surface area contributed by atoms with Gasteiger partial charge in [0.1, 0.15) is 11.5 Å². The molecule has 0 bridgehead atoms. The molecule has 0 radical (unpaired) electrons. The monoisotopic (exact) mass is 322 g/mol. The predicted octanol–water partition coefficient (Wildman–Crippen LogP) is 3.04. The highest BCUT2D eigenvalue weighted by Gasteiger charge is 2.13. The van der Waals surface area contributed by atoms with E-state index in [1.165, 1.54) is 12.3 Å². The summed E-state index contributed by atoms with van der Waals surface area (Å²) in [5, 5.41) is 9.61. The largest absolute Gasteiger partial charge is 0.350 e. The van der Waals surface area contributed by atoms with Gasteiger partial charge in [-0.25, -0.2) is 4.39 Å². The van der Waals surface area contributed by atoms with Crippen LogP contribution in [0.5, 0.6) is 0 Å². The van der Waals surface area contributed by atoms with Gasteiger partial charge in [-0.1, -0.05) is 0 Å². The molecule has 19 heavy (non-hydrogen) atoms. The van der Waals surface area contributed by atoms with E-state index in [1.54, 1.807) is 18.3 Å². The van der Waals surface area contributed by atoms with Crippen LogP contribution >= 0.6 is 15.9 Å². The third-order valence-corrected chi connectivity index (χ3v) is 3.50. The molecule has 0 saturated heterocycles. The Morgan fingerprint density at radius 2 is 2.26 bits per heavy atom. The van der Waals surface area contributed by atoms with Crippen molar-refractivity contribution in [3.63, 3.8) is 0 Å². The molecule has 1 amide bonds. The van der Waals surface area contributed by atoms with Gasteiger partial charge < -0.3 is 10.3 Å². The summed E-state index contributed by atoms with van der Waals surface area (Å²) in [6.45, 7) is 0. The summed E-state index contributed by atoms with van der Waals surface area (Å²) < 4.78 is 13.7. The Morgan fingerprint density at radius 1 is 1.42 bits per heavy atom. The van der Waals surface area contributed by atoms with Crippen LogP contribution in [0.3, 0.4) is 0 Å². The number of aromatic nitrogens is 3. The van der Waals surface area contributed by atoms with Gasteiger partial charge in [0.15, 0.2) is 0 Å². The number of rotatable bonds is 2. The van der Waals surface area contributed by atoms with Gasteiger partial charge in [0, 0.05) is 17.1 Å². The highest BCUT2D eigenvalue weighted by molar-refractivity contribution is 9.10. The maximum absolute atomic E-state index is 13.4. The molecule has 1 aromatic carbocycles. The molecule has 2 heterocycles. The zero-order chi connectivity index (χ0) is 13.4. The predicted molar refractivity (Wildman–Crippen MR) is 72.5 cm³/mol. The standard InChI is InChI=1S/C12H8BrFN4O/c13-11-7-3-10(18-9(7)2-1-8(11)14)12(19)17-6-4-15-16-5-6/h1-5,18H,(H,15,16)(H,17,19). The fourth-order valence-corrected chi connectivity index (χ4v) is 2.24. The average molecular weight is 323 g/mol. The normalized spacial score (nSPS) is 10.8. The molecule has 0 aliphatic heterocycles. The van der Waals surface area contributed by atoms with Gasteiger partial charge >= 0.3 is 0 Å². The molecule has 0 aliphatic rings. The van der Waals surface area contributed by atoms with E-state index < -0.39 is 0 Å². The number of fused-ring (bicyclic) bond motifs is 1. The molecule has 0 saturated carbocycles. The Balaban J connectivity index is 1.97. The lowest BCUT2D eigenvalue weighted by molar-refractivity contribution is 0.102. The minimum atomic E-state index is -0.367. The van der Waals surface area contributed by atoms with Crippen molar-refractivity contribution < 1.29 is 9.18 Å². The number of benzene rings is 1. The SMILES string of the molecule is O=C(Nc1cn[nH]c1)c1cc2c(Br)c(F)ccc2[nH]1. The fraction of sp³-hybridized carbons (Fsp3) is 0. The summed E-state index contributed by atoms with van der Waals surface area (Å²) in [4.78, 5) is 14.9. The van der Waals surface area contributed by atoms with Gasteiger partial charge in [0.25, 0.3) is 5.91 Å². The minimum Gasteiger partial charge on any atom is -0.350 e. The molecule has 0 fully saturated rings. The molecule has 3 aromatic rings. The van der Waals surface area contributed by atoms with Crippen LogP contribution in [0.4, 0.5) is 10.1 Å². The molecule has 3 rings (SSSR count). The first-order valence-electron chi connectivity index (χ1n) is 5.42. The van der Waals surface area contributed by atoms with Gasteiger partial charge in [0.2, 0.25) is 0 Å². The third kappa shape index (κ3) is 2.12. The summed E-state index contributed by atoms with van der Waals surface area (Å²) in [5.41, 5.74) is 1.60. The molecular formula is C12H8BrFN4O. The summed E-state index contributed by atoms with van der Waals surface area (Å²) >= 11 is 3.16. The first-order valence-corrected chi connectivity index (χ1v) is 6.21. The molecule has 5 nitrogen and oxygen atoms in total. The number of hydrogen-bond acceptors (Lipinski definition) is 2. The van der Waals surface area contributed by atoms with E-state index in [9.17, 15) is 9.18 Å². The van der Waals surface area contributed by atoms with Gasteiger partial charge in [-0.15, -0.1) is 0 Å². The summed E-state index contributed by atoms with van der Waals surface area (Å²) in [6, 6.07) is 4.52. The number of nitrogens with one attached hydrogen (secondary N) is 3. The molecule has 96 valence electrons. The average Bonchev–Trinajstić information content (AvgIpc) is 3.02. The number of nitrogens with zero attached hydrogens (tertiary/aromatic N) is 1. The van der Waals surface area contributed by atoms with Crippen LogP contribution in [-0.2, 0) is 0 Å². The lowest BCUT2D eigenvalue weighted by Gasteiger charge is -1.98. The lowest BCUT2D eigenvalue weighted by Crippen LogP contribution is -2.11. The van der Waals surface area contributed by atoms with E-state index in [-0.39, 0.29) is 11.7 Å². The van der Waals surface area contributed by atoms with Crippen LogP contribution in [0, 0.1) is 5.82 Å². The number of aromatic amines is 2. The number of anilines is 1. The van der Waals surface area contributed by atoms with Crippen molar-refractivity contribution in [2.45, 2.75) is 0 Å².